The predicted molar refractivity (Wildman–Crippen MR) is 101 cm³/mol. The summed E-state index contributed by atoms with van der Waals surface area (Å²) in [6, 6.07) is 7.46. The summed E-state index contributed by atoms with van der Waals surface area (Å²) < 4.78 is 6.27. The minimum atomic E-state index is -0.373. The van der Waals surface area contributed by atoms with Gasteiger partial charge in [-0.3, -0.25) is 4.79 Å². The average molecular weight is 355 g/mol. The molecule has 4 nitrogen and oxygen atoms in total. The third-order valence-electron chi connectivity index (χ3n) is 4.90. The Kier molecular flexibility index (Phi) is 3.91. The Balaban J connectivity index is 1.82. The number of hydrogen-bond donors (Lipinski definition) is 0. The Labute approximate surface area is 150 Å². The van der Waals surface area contributed by atoms with Crippen LogP contribution in [0.3, 0.4) is 0 Å². The number of nitrogens with zero attached hydrogens (tertiary/aromatic N) is 1. The molecule has 0 radical (unpaired) electrons. The van der Waals surface area contributed by atoms with Crippen molar-refractivity contribution in [1.29, 1.82) is 0 Å². The van der Waals surface area contributed by atoms with E-state index in [1.54, 1.807) is 6.07 Å². The van der Waals surface area contributed by atoms with Gasteiger partial charge in [0.2, 0.25) is 0 Å². The van der Waals surface area contributed by atoms with Crippen molar-refractivity contribution < 1.29 is 9.21 Å². The molecule has 1 saturated heterocycles. The van der Waals surface area contributed by atoms with E-state index < -0.39 is 0 Å². The number of piperidine rings is 1. The lowest BCUT2D eigenvalue weighted by Gasteiger charge is -2.34. The van der Waals surface area contributed by atoms with Crippen molar-refractivity contribution in [1.82, 2.24) is 4.90 Å². The maximum absolute atomic E-state index is 13.0. The third-order valence-corrected chi connectivity index (χ3v) is 6.06. The van der Waals surface area contributed by atoms with Crippen LogP contribution in [0, 0.1) is 18.8 Å². The zero-order chi connectivity index (χ0) is 17.7. The number of amides is 1. The number of aryl methyl sites for hydroxylation is 1. The molecule has 2 atom stereocenters. The molecule has 1 aromatic carbocycles. The topological polar surface area (TPSA) is 50.5 Å². The summed E-state index contributed by atoms with van der Waals surface area (Å²) >= 11 is 1.40. The van der Waals surface area contributed by atoms with Gasteiger partial charge in [-0.15, -0.1) is 11.3 Å². The fourth-order valence-corrected chi connectivity index (χ4v) is 5.03. The Morgan fingerprint density at radius 3 is 2.60 bits per heavy atom. The number of benzene rings is 1. The van der Waals surface area contributed by atoms with Crippen molar-refractivity contribution in [3.63, 3.8) is 0 Å². The van der Waals surface area contributed by atoms with Gasteiger partial charge < -0.3 is 9.32 Å². The van der Waals surface area contributed by atoms with E-state index >= 15 is 0 Å². The van der Waals surface area contributed by atoms with Gasteiger partial charge in [-0.25, -0.2) is 4.79 Å². The maximum Gasteiger partial charge on any atom is 0.345 e. The van der Waals surface area contributed by atoms with Crippen LogP contribution < -0.4 is 5.63 Å². The van der Waals surface area contributed by atoms with E-state index in [1.807, 2.05) is 30.0 Å². The summed E-state index contributed by atoms with van der Waals surface area (Å²) in [5.41, 5.74) is 1.30. The van der Waals surface area contributed by atoms with Crippen molar-refractivity contribution >= 4 is 38.3 Å². The second kappa shape index (κ2) is 5.99. The minimum Gasteiger partial charge on any atom is -0.422 e. The molecule has 0 spiro atoms. The Morgan fingerprint density at radius 1 is 1.16 bits per heavy atom. The highest BCUT2D eigenvalue weighted by Crippen LogP contribution is 2.32. The van der Waals surface area contributed by atoms with Crippen molar-refractivity contribution in [3.8, 4) is 0 Å². The van der Waals surface area contributed by atoms with Crippen molar-refractivity contribution in [2.75, 3.05) is 13.1 Å². The van der Waals surface area contributed by atoms with Crippen LogP contribution in [-0.4, -0.2) is 23.9 Å². The molecule has 3 heterocycles. The molecule has 5 heteroatoms. The van der Waals surface area contributed by atoms with Gasteiger partial charge in [0.25, 0.3) is 5.91 Å². The molecule has 0 aliphatic carbocycles. The van der Waals surface area contributed by atoms with Crippen LogP contribution in [0.25, 0.3) is 21.1 Å². The Morgan fingerprint density at radius 2 is 1.88 bits per heavy atom. The standard InChI is InChI=1S/C20H21NO3S/c1-11-4-5-16-14(7-11)18-15(20(23)24-16)8-17(25-18)19(22)21-9-12(2)6-13(3)10-21/h4-5,7-8,12-13H,6,9-10H2,1-3H3/t12-,13+. The average Bonchev–Trinajstić information content (AvgIpc) is 3.00. The SMILES string of the molecule is Cc1ccc2oc(=O)c3cc(C(=O)N4C[C@H](C)C[C@H](C)C4)sc3c2c1. The highest BCUT2D eigenvalue weighted by Gasteiger charge is 2.27. The molecule has 1 aliphatic rings. The molecule has 4 rings (SSSR count). The monoisotopic (exact) mass is 355 g/mol. The van der Waals surface area contributed by atoms with Gasteiger partial charge in [-0.05, 0) is 43.4 Å². The Hall–Kier alpha value is -2.14. The molecule has 1 aliphatic heterocycles. The fourth-order valence-electron chi connectivity index (χ4n) is 3.90. The van der Waals surface area contributed by atoms with Crippen LogP contribution >= 0.6 is 11.3 Å². The lowest BCUT2D eigenvalue weighted by molar-refractivity contribution is 0.0628. The van der Waals surface area contributed by atoms with Gasteiger partial charge in [0.05, 0.1) is 15.0 Å². The first-order valence-corrected chi connectivity index (χ1v) is 9.50. The van der Waals surface area contributed by atoms with Crippen LogP contribution in [0.1, 0.15) is 35.5 Å². The van der Waals surface area contributed by atoms with E-state index in [9.17, 15) is 9.59 Å². The highest BCUT2D eigenvalue weighted by atomic mass is 32.1. The summed E-state index contributed by atoms with van der Waals surface area (Å²) in [6.45, 7) is 7.95. The van der Waals surface area contributed by atoms with Crippen LogP contribution in [0.4, 0.5) is 0 Å². The zero-order valence-electron chi connectivity index (χ0n) is 14.7. The Bertz CT molecular complexity index is 1020. The van der Waals surface area contributed by atoms with E-state index in [4.69, 9.17) is 4.42 Å². The normalized spacial score (nSPS) is 21.2. The molecule has 0 saturated carbocycles. The van der Waals surface area contributed by atoms with Gasteiger partial charge >= 0.3 is 5.63 Å². The van der Waals surface area contributed by atoms with Crippen molar-refractivity contribution in [2.45, 2.75) is 27.2 Å². The molecule has 3 aromatic rings. The molecular formula is C20H21NO3S. The second-order valence-electron chi connectivity index (χ2n) is 7.40. The molecule has 0 bridgehead atoms. The summed E-state index contributed by atoms with van der Waals surface area (Å²) in [7, 11) is 0. The molecule has 0 N–H and O–H groups in total. The molecule has 0 unspecified atom stereocenters. The molecule has 1 fully saturated rings. The first kappa shape index (κ1) is 16.3. The largest absolute Gasteiger partial charge is 0.422 e. The van der Waals surface area contributed by atoms with E-state index in [0.717, 1.165) is 35.2 Å². The smallest absolute Gasteiger partial charge is 0.345 e. The van der Waals surface area contributed by atoms with Crippen molar-refractivity contribution in [2.24, 2.45) is 11.8 Å². The lowest BCUT2D eigenvalue weighted by Crippen LogP contribution is -2.42. The number of carbonyl (C=O) groups is 1. The van der Waals surface area contributed by atoms with Gasteiger partial charge in [-0.2, -0.15) is 0 Å². The summed E-state index contributed by atoms with van der Waals surface area (Å²) in [6.07, 6.45) is 1.16. The summed E-state index contributed by atoms with van der Waals surface area (Å²) in [5.74, 6) is 1.05. The first-order chi connectivity index (χ1) is 11.9. The third kappa shape index (κ3) is 2.86. The number of carbonyl (C=O) groups excluding carboxylic acids is 1. The van der Waals surface area contributed by atoms with Crippen LogP contribution in [0.2, 0.25) is 0 Å². The van der Waals surface area contributed by atoms with E-state index in [0.29, 0.717) is 27.7 Å². The van der Waals surface area contributed by atoms with Crippen molar-refractivity contribution in [3.05, 3.63) is 45.1 Å². The van der Waals surface area contributed by atoms with E-state index in [-0.39, 0.29) is 11.5 Å². The molecule has 2 aromatic heterocycles. The van der Waals surface area contributed by atoms with Crippen LogP contribution in [0.5, 0.6) is 0 Å². The van der Waals surface area contributed by atoms with Gasteiger partial charge in [0.15, 0.2) is 0 Å². The zero-order valence-corrected chi connectivity index (χ0v) is 15.5. The number of hydrogen-bond acceptors (Lipinski definition) is 4. The molecular weight excluding hydrogens is 334 g/mol. The summed E-state index contributed by atoms with van der Waals surface area (Å²) in [4.78, 5) is 27.8. The number of fused-ring (bicyclic) bond motifs is 3. The van der Waals surface area contributed by atoms with Crippen LogP contribution in [0.15, 0.2) is 33.5 Å². The van der Waals surface area contributed by atoms with Crippen LogP contribution in [-0.2, 0) is 0 Å². The number of likely N-dealkylation sites (tertiary alicyclic amines) is 1. The van der Waals surface area contributed by atoms with Gasteiger partial charge in [0.1, 0.15) is 5.58 Å². The maximum atomic E-state index is 13.0. The second-order valence-corrected chi connectivity index (χ2v) is 8.45. The first-order valence-electron chi connectivity index (χ1n) is 8.68. The molecule has 130 valence electrons. The quantitative estimate of drug-likeness (QED) is 0.607. The summed E-state index contributed by atoms with van der Waals surface area (Å²) in [5, 5.41) is 1.41. The number of thiophene rings is 1. The lowest BCUT2D eigenvalue weighted by atomic mass is 9.92. The van der Waals surface area contributed by atoms with E-state index in [2.05, 4.69) is 13.8 Å². The molecule has 1 amide bonds. The predicted octanol–water partition coefficient (Wildman–Crippen LogP) is 4.43. The minimum absolute atomic E-state index is 0.0276. The van der Waals surface area contributed by atoms with Gasteiger partial charge in [-0.1, -0.05) is 25.5 Å². The highest BCUT2D eigenvalue weighted by molar-refractivity contribution is 7.21. The van der Waals surface area contributed by atoms with Gasteiger partial charge in [0, 0.05) is 18.5 Å². The van der Waals surface area contributed by atoms with E-state index in [1.165, 1.54) is 11.3 Å². The fraction of sp³-hybridized carbons (Fsp3) is 0.400. The molecule has 25 heavy (non-hydrogen) atoms. The number of rotatable bonds is 1.